The molecule has 1 saturated carbocycles. The Morgan fingerprint density at radius 3 is 2.76 bits per heavy atom. The number of thiazole rings is 1. The molecule has 10 heteroatoms. The molecule has 1 aliphatic heterocycles. The maximum Gasteiger partial charge on any atom is 0.256 e. The van der Waals surface area contributed by atoms with E-state index in [9.17, 15) is 18.4 Å². The van der Waals surface area contributed by atoms with Gasteiger partial charge in [0.25, 0.3) is 5.91 Å². The van der Waals surface area contributed by atoms with Gasteiger partial charge >= 0.3 is 0 Å². The van der Waals surface area contributed by atoms with Crippen molar-refractivity contribution in [2.24, 2.45) is 5.92 Å². The van der Waals surface area contributed by atoms with Crippen molar-refractivity contribution in [3.8, 4) is 10.4 Å². The average Bonchev–Trinajstić information content (AvgIpc) is 3.33. The summed E-state index contributed by atoms with van der Waals surface area (Å²) in [7, 11) is 0. The summed E-state index contributed by atoms with van der Waals surface area (Å²) in [4.78, 5) is 31.4. The molecule has 0 bridgehead atoms. The predicted molar refractivity (Wildman–Crippen MR) is 111 cm³/mol. The number of rotatable bonds is 6. The maximum absolute atomic E-state index is 13.0. The normalized spacial score (nSPS) is 17.8. The van der Waals surface area contributed by atoms with Crippen molar-refractivity contribution >= 4 is 45.2 Å². The lowest BCUT2D eigenvalue weighted by Crippen LogP contribution is -2.34. The minimum Gasteiger partial charge on any atom is -0.755 e. The van der Waals surface area contributed by atoms with Gasteiger partial charge < -0.3 is 19.5 Å². The summed E-state index contributed by atoms with van der Waals surface area (Å²) < 4.78 is 25.1. The molecule has 2 heterocycles. The number of nitrogens with one attached hydrogen (secondary N) is 2. The Morgan fingerprint density at radius 1 is 1.41 bits per heavy atom. The minimum absolute atomic E-state index is 0.125. The van der Waals surface area contributed by atoms with E-state index in [4.69, 9.17) is 0 Å². The van der Waals surface area contributed by atoms with E-state index in [1.807, 2.05) is 24.8 Å². The van der Waals surface area contributed by atoms with Crippen LogP contribution in [0.25, 0.3) is 10.4 Å². The van der Waals surface area contributed by atoms with E-state index in [0.717, 1.165) is 34.5 Å². The first-order valence-corrected chi connectivity index (χ1v) is 11.2. The molecule has 1 unspecified atom stereocenters. The smallest absolute Gasteiger partial charge is 0.256 e. The minimum atomic E-state index is -2.55. The van der Waals surface area contributed by atoms with Crippen molar-refractivity contribution in [3.05, 3.63) is 29.0 Å². The standard InChI is InChI=1S/C19H22N4O4S2/c1-9-17(28-19(20-9)21-11(3)24)13-6-14-8-23(10(2)12-4-5-12)18(25)16(14)15(7-13)22-29(26)27/h6-7,10,12,22H,4-5,8H2,1-3H3,(H,26,27)(H,20,21,24)/p-1/t10-/m0/s1. The quantitative estimate of drug-likeness (QED) is 0.680. The largest absolute Gasteiger partial charge is 0.755 e. The topological polar surface area (TPSA) is 114 Å². The predicted octanol–water partition coefficient (Wildman–Crippen LogP) is 3.04. The third-order valence-corrected chi connectivity index (χ3v) is 6.87. The second-order valence-electron chi connectivity index (χ2n) is 7.52. The van der Waals surface area contributed by atoms with Gasteiger partial charge in [-0.2, -0.15) is 0 Å². The number of benzene rings is 1. The summed E-state index contributed by atoms with van der Waals surface area (Å²) in [6, 6.07) is 3.71. The van der Waals surface area contributed by atoms with E-state index in [1.165, 1.54) is 18.3 Å². The van der Waals surface area contributed by atoms with Gasteiger partial charge in [0.15, 0.2) is 5.13 Å². The van der Waals surface area contributed by atoms with Crippen LogP contribution in [-0.2, 0) is 22.6 Å². The van der Waals surface area contributed by atoms with Gasteiger partial charge in [-0.3, -0.25) is 13.8 Å². The highest BCUT2D eigenvalue weighted by Gasteiger charge is 2.39. The van der Waals surface area contributed by atoms with Crippen LogP contribution in [0.2, 0.25) is 0 Å². The number of carbonyl (C=O) groups is 2. The maximum atomic E-state index is 13.0. The number of fused-ring (bicyclic) bond motifs is 1. The molecule has 2 atom stereocenters. The molecule has 0 radical (unpaired) electrons. The highest BCUT2D eigenvalue weighted by Crippen LogP contribution is 2.42. The Labute approximate surface area is 175 Å². The highest BCUT2D eigenvalue weighted by molar-refractivity contribution is 7.80. The number of nitrogens with zero attached hydrogens (tertiary/aromatic N) is 2. The fourth-order valence-corrected chi connectivity index (χ4v) is 5.15. The van der Waals surface area contributed by atoms with Gasteiger partial charge in [0.2, 0.25) is 5.91 Å². The van der Waals surface area contributed by atoms with Gasteiger partial charge in [-0.25, -0.2) is 4.98 Å². The van der Waals surface area contributed by atoms with E-state index in [0.29, 0.717) is 23.2 Å². The molecule has 1 aromatic carbocycles. The molecule has 2 N–H and O–H groups in total. The molecule has 0 spiro atoms. The molecule has 1 aliphatic carbocycles. The Morgan fingerprint density at radius 2 is 2.14 bits per heavy atom. The van der Waals surface area contributed by atoms with Crippen molar-refractivity contribution in [2.75, 3.05) is 10.0 Å². The van der Waals surface area contributed by atoms with Crippen molar-refractivity contribution in [1.82, 2.24) is 9.88 Å². The SMILES string of the molecule is CC(=O)Nc1nc(C)c(-c2cc3c(c(NS(=O)[O-])c2)C(=O)N([C@@H](C)C2CC2)C3)s1. The molecular weight excluding hydrogens is 412 g/mol. The number of hydrogen-bond donors (Lipinski definition) is 2. The van der Waals surface area contributed by atoms with Crippen LogP contribution in [0.4, 0.5) is 10.8 Å². The fraction of sp³-hybridized carbons (Fsp3) is 0.421. The summed E-state index contributed by atoms with van der Waals surface area (Å²) >= 11 is -1.24. The number of hydrogen-bond acceptors (Lipinski definition) is 6. The molecule has 0 saturated heterocycles. The zero-order valence-corrected chi connectivity index (χ0v) is 17.9. The summed E-state index contributed by atoms with van der Waals surface area (Å²) in [6.07, 6.45) is 2.24. The molecule has 8 nitrogen and oxygen atoms in total. The monoisotopic (exact) mass is 433 g/mol. The molecule has 2 aromatic rings. The second-order valence-corrected chi connectivity index (χ2v) is 9.19. The van der Waals surface area contributed by atoms with Crippen molar-refractivity contribution in [2.45, 2.75) is 46.2 Å². The second kappa shape index (κ2) is 7.51. The van der Waals surface area contributed by atoms with Gasteiger partial charge in [0.1, 0.15) is 0 Å². The molecule has 154 valence electrons. The zero-order valence-electron chi connectivity index (χ0n) is 16.3. The van der Waals surface area contributed by atoms with Gasteiger partial charge in [-0.05, 0) is 55.9 Å². The average molecular weight is 434 g/mol. The Bertz CT molecular complexity index is 1030. The van der Waals surface area contributed by atoms with Gasteiger partial charge in [0, 0.05) is 30.8 Å². The van der Waals surface area contributed by atoms with Crippen LogP contribution in [-0.4, -0.2) is 36.5 Å². The van der Waals surface area contributed by atoms with Crippen molar-refractivity contribution in [3.63, 3.8) is 0 Å². The lowest BCUT2D eigenvalue weighted by atomic mass is 10.0. The Kier molecular flexibility index (Phi) is 5.18. The summed E-state index contributed by atoms with van der Waals surface area (Å²) in [5, 5.41) is 3.15. The number of aromatic nitrogens is 1. The fourth-order valence-electron chi connectivity index (χ4n) is 3.81. The summed E-state index contributed by atoms with van der Waals surface area (Å²) in [6.45, 7) is 5.75. The summed E-state index contributed by atoms with van der Waals surface area (Å²) in [5.41, 5.74) is 2.96. The zero-order chi connectivity index (χ0) is 20.9. The van der Waals surface area contributed by atoms with E-state index >= 15 is 0 Å². The first kappa shape index (κ1) is 20.0. The highest BCUT2D eigenvalue weighted by atomic mass is 32.2. The molecular formula is C19H21N4O4S2-. The number of carbonyl (C=O) groups excluding carboxylic acids is 2. The van der Waals surface area contributed by atoms with Gasteiger partial charge in [-0.1, -0.05) is 11.3 Å². The van der Waals surface area contributed by atoms with Crippen molar-refractivity contribution < 1.29 is 18.4 Å². The number of aryl methyl sites for hydroxylation is 1. The number of anilines is 2. The van der Waals surface area contributed by atoms with E-state index < -0.39 is 11.3 Å². The number of amides is 2. The third kappa shape index (κ3) is 3.92. The summed E-state index contributed by atoms with van der Waals surface area (Å²) in [5.74, 6) is 0.166. The van der Waals surface area contributed by atoms with E-state index in [2.05, 4.69) is 15.0 Å². The van der Waals surface area contributed by atoms with Crippen LogP contribution in [0.5, 0.6) is 0 Å². The third-order valence-electron chi connectivity index (χ3n) is 5.37. The van der Waals surface area contributed by atoms with Crippen molar-refractivity contribution in [1.29, 1.82) is 0 Å². The first-order chi connectivity index (χ1) is 13.7. The van der Waals surface area contributed by atoms with Gasteiger partial charge in [-0.15, -0.1) is 0 Å². The van der Waals surface area contributed by atoms with Crippen LogP contribution >= 0.6 is 11.3 Å². The van der Waals surface area contributed by atoms with Crippen LogP contribution in [0.15, 0.2) is 12.1 Å². The molecule has 4 rings (SSSR count). The van der Waals surface area contributed by atoms with Gasteiger partial charge in [0.05, 0.1) is 21.8 Å². The Balaban J connectivity index is 1.76. The Hall–Kier alpha value is -2.30. The lowest BCUT2D eigenvalue weighted by Gasteiger charge is -2.24. The first-order valence-electron chi connectivity index (χ1n) is 9.33. The lowest BCUT2D eigenvalue weighted by molar-refractivity contribution is -0.114. The van der Waals surface area contributed by atoms with E-state index in [-0.39, 0.29) is 23.5 Å². The van der Waals surface area contributed by atoms with E-state index in [1.54, 1.807) is 6.07 Å². The molecule has 2 aliphatic rings. The molecule has 2 amide bonds. The van der Waals surface area contributed by atoms with Crippen LogP contribution in [0.1, 0.15) is 48.3 Å². The molecule has 1 fully saturated rings. The van der Waals surface area contributed by atoms with Crippen LogP contribution in [0.3, 0.4) is 0 Å². The van der Waals surface area contributed by atoms with Crippen LogP contribution in [0, 0.1) is 12.8 Å². The molecule has 1 aromatic heterocycles. The molecule has 29 heavy (non-hydrogen) atoms. The van der Waals surface area contributed by atoms with Crippen LogP contribution < -0.4 is 10.0 Å².